The Balaban J connectivity index is 2.64. The van der Waals surface area contributed by atoms with Gasteiger partial charge in [0, 0.05) is 0 Å². The third-order valence-electron chi connectivity index (χ3n) is 1.08. The Hall–Kier alpha value is -0.910. The molecule has 0 aliphatic rings. The number of carbonyl (C=O) groups is 1. The first-order valence-corrected chi connectivity index (χ1v) is 3.64. The fourth-order valence-electron chi connectivity index (χ4n) is 0.539. The van der Waals surface area contributed by atoms with Gasteiger partial charge in [0.2, 0.25) is 0 Å². The van der Waals surface area contributed by atoms with Crippen LogP contribution in [0, 0.1) is 0 Å². The van der Waals surface area contributed by atoms with E-state index in [2.05, 4.69) is 31.0 Å². The largest absolute Gasteiger partial charge is 0.468 e. The maximum Gasteiger partial charge on any atom is 0.327 e. The number of halogens is 1. The van der Waals surface area contributed by atoms with E-state index in [0.717, 1.165) is 0 Å². The lowest BCUT2D eigenvalue weighted by Crippen LogP contribution is -2.12. The van der Waals surface area contributed by atoms with Crippen molar-refractivity contribution in [1.29, 1.82) is 0 Å². The summed E-state index contributed by atoms with van der Waals surface area (Å²) in [6, 6.07) is 0. The van der Waals surface area contributed by atoms with Gasteiger partial charge in [-0.1, -0.05) is 5.21 Å². The quantitative estimate of drug-likeness (QED) is 0.668. The molecule has 0 aromatic carbocycles. The molecule has 0 aliphatic carbocycles. The van der Waals surface area contributed by atoms with Crippen molar-refractivity contribution in [1.82, 2.24) is 15.0 Å². The SMILES string of the molecule is COC(=O)Cn1nncc1Br. The summed E-state index contributed by atoms with van der Waals surface area (Å²) in [5.41, 5.74) is 0. The van der Waals surface area contributed by atoms with E-state index in [1.165, 1.54) is 18.0 Å². The molecule has 0 N–H and O–H groups in total. The highest BCUT2D eigenvalue weighted by Gasteiger charge is 2.05. The van der Waals surface area contributed by atoms with Crippen LogP contribution in [0.4, 0.5) is 0 Å². The Morgan fingerprint density at radius 3 is 3.09 bits per heavy atom. The summed E-state index contributed by atoms with van der Waals surface area (Å²) in [4.78, 5) is 10.7. The first kappa shape index (κ1) is 8.19. The molecule has 0 unspecified atom stereocenters. The third kappa shape index (κ3) is 2.01. The summed E-state index contributed by atoms with van der Waals surface area (Å²) in [7, 11) is 1.33. The Labute approximate surface area is 71.5 Å². The number of esters is 1. The molecule has 0 spiro atoms. The van der Waals surface area contributed by atoms with Crippen molar-refractivity contribution < 1.29 is 9.53 Å². The van der Waals surface area contributed by atoms with Crippen molar-refractivity contribution in [3.05, 3.63) is 10.8 Å². The molecule has 1 rings (SSSR count). The molecule has 0 aliphatic heterocycles. The van der Waals surface area contributed by atoms with Crippen LogP contribution in [0.25, 0.3) is 0 Å². The second-order valence-corrected chi connectivity index (χ2v) is 2.60. The lowest BCUT2D eigenvalue weighted by molar-refractivity contribution is -0.141. The number of aromatic nitrogens is 3. The van der Waals surface area contributed by atoms with E-state index >= 15 is 0 Å². The molecule has 6 heteroatoms. The molecule has 0 radical (unpaired) electrons. The second-order valence-electron chi connectivity index (χ2n) is 1.79. The van der Waals surface area contributed by atoms with Crippen LogP contribution < -0.4 is 0 Å². The molecular weight excluding hydrogens is 214 g/mol. The molecule has 11 heavy (non-hydrogen) atoms. The third-order valence-corrected chi connectivity index (χ3v) is 1.69. The predicted molar refractivity (Wildman–Crippen MR) is 39.7 cm³/mol. The molecule has 0 amide bonds. The van der Waals surface area contributed by atoms with Gasteiger partial charge >= 0.3 is 5.97 Å². The second kappa shape index (κ2) is 3.47. The first-order chi connectivity index (χ1) is 5.24. The van der Waals surface area contributed by atoms with Crippen molar-refractivity contribution >= 4 is 21.9 Å². The summed E-state index contributed by atoms with van der Waals surface area (Å²) >= 11 is 3.15. The standard InChI is InChI=1S/C5H6BrN3O2/c1-11-5(10)3-9-4(6)2-7-8-9/h2H,3H2,1H3. The molecule has 1 heterocycles. The number of ether oxygens (including phenoxy) is 1. The minimum atomic E-state index is -0.351. The Bertz CT molecular complexity index is 260. The van der Waals surface area contributed by atoms with E-state index in [1.807, 2.05) is 0 Å². The smallest absolute Gasteiger partial charge is 0.327 e. The van der Waals surface area contributed by atoms with E-state index < -0.39 is 0 Å². The van der Waals surface area contributed by atoms with Crippen molar-refractivity contribution in [2.45, 2.75) is 6.54 Å². The molecule has 5 nitrogen and oxygen atoms in total. The number of rotatable bonds is 2. The maximum absolute atomic E-state index is 10.7. The molecular formula is C5H6BrN3O2. The summed E-state index contributed by atoms with van der Waals surface area (Å²) < 4.78 is 6.48. The van der Waals surface area contributed by atoms with Gasteiger partial charge in [-0.2, -0.15) is 0 Å². The summed E-state index contributed by atoms with van der Waals surface area (Å²) in [5.74, 6) is -0.351. The first-order valence-electron chi connectivity index (χ1n) is 2.85. The van der Waals surface area contributed by atoms with Crippen LogP contribution in [0.2, 0.25) is 0 Å². The topological polar surface area (TPSA) is 57.0 Å². The van der Waals surface area contributed by atoms with Crippen LogP contribution in [-0.4, -0.2) is 28.1 Å². The molecule has 1 aromatic heterocycles. The zero-order valence-corrected chi connectivity index (χ0v) is 7.41. The van der Waals surface area contributed by atoms with Gasteiger partial charge in [0.1, 0.15) is 11.1 Å². The summed E-state index contributed by atoms with van der Waals surface area (Å²) in [6.45, 7) is 0.0804. The Morgan fingerprint density at radius 1 is 1.91 bits per heavy atom. The summed E-state index contributed by atoms with van der Waals surface area (Å²) in [5, 5.41) is 7.19. The number of carbonyl (C=O) groups excluding carboxylic acids is 1. The van der Waals surface area contributed by atoms with Crippen LogP contribution in [-0.2, 0) is 16.1 Å². The minimum absolute atomic E-state index is 0.0804. The van der Waals surface area contributed by atoms with Crippen LogP contribution in [0.1, 0.15) is 0 Å². The van der Waals surface area contributed by atoms with Gasteiger partial charge in [-0.25, -0.2) is 4.68 Å². The van der Waals surface area contributed by atoms with Crippen LogP contribution in [0.15, 0.2) is 10.8 Å². The van der Waals surface area contributed by atoms with Crippen LogP contribution in [0.5, 0.6) is 0 Å². The Kier molecular flexibility index (Phi) is 2.58. The number of nitrogens with zero attached hydrogens (tertiary/aromatic N) is 3. The number of methoxy groups -OCH3 is 1. The van der Waals surface area contributed by atoms with Crippen LogP contribution >= 0.6 is 15.9 Å². The van der Waals surface area contributed by atoms with Crippen LogP contribution in [0.3, 0.4) is 0 Å². The fraction of sp³-hybridized carbons (Fsp3) is 0.400. The van der Waals surface area contributed by atoms with E-state index in [0.29, 0.717) is 4.60 Å². The monoisotopic (exact) mass is 219 g/mol. The lowest BCUT2D eigenvalue weighted by Gasteiger charge is -1.98. The van der Waals surface area contributed by atoms with Crippen molar-refractivity contribution in [2.75, 3.05) is 7.11 Å². The van der Waals surface area contributed by atoms with E-state index in [-0.39, 0.29) is 12.5 Å². The average Bonchev–Trinajstić information content (AvgIpc) is 2.37. The highest BCUT2D eigenvalue weighted by atomic mass is 79.9. The maximum atomic E-state index is 10.7. The molecule has 0 atom stereocenters. The molecule has 0 saturated heterocycles. The van der Waals surface area contributed by atoms with E-state index in [1.54, 1.807) is 0 Å². The number of hydrogen-bond acceptors (Lipinski definition) is 4. The highest BCUT2D eigenvalue weighted by Crippen LogP contribution is 2.04. The normalized spacial score (nSPS) is 9.64. The molecule has 0 saturated carbocycles. The van der Waals surface area contributed by atoms with Gasteiger partial charge < -0.3 is 4.74 Å². The van der Waals surface area contributed by atoms with E-state index in [4.69, 9.17) is 0 Å². The van der Waals surface area contributed by atoms with Crippen molar-refractivity contribution in [3.63, 3.8) is 0 Å². The van der Waals surface area contributed by atoms with Gasteiger partial charge in [-0.05, 0) is 15.9 Å². The van der Waals surface area contributed by atoms with Gasteiger partial charge in [0.25, 0.3) is 0 Å². The van der Waals surface area contributed by atoms with Gasteiger partial charge in [0.15, 0.2) is 0 Å². The zero-order valence-electron chi connectivity index (χ0n) is 5.82. The minimum Gasteiger partial charge on any atom is -0.468 e. The van der Waals surface area contributed by atoms with Gasteiger partial charge in [-0.15, -0.1) is 5.10 Å². The summed E-state index contributed by atoms with van der Waals surface area (Å²) in [6.07, 6.45) is 1.50. The molecule has 60 valence electrons. The zero-order chi connectivity index (χ0) is 8.27. The van der Waals surface area contributed by atoms with Gasteiger partial charge in [0.05, 0.1) is 13.3 Å². The van der Waals surface area contributed by atoms with Gasteiger partial charge in [-0.3, -0.25) is 4.79 Å². The highest BCUT2D eigenvalue weighted by molar-refractivity contribution is 9.10. The molecule has 1 aromatic rings. The molecule has 0 bridgehead atoms. The van der Waals surface area contributed by atoms with Crippen molar-refractivity contribution in [3.8, 4) is 0 Å². The Morgan fingerprint density at radius 2 is 2.64 bits per heavy atom. The fourth-order valence-corrected chi connectivity index (χ4v) is 0.827. The lowest BCUT2D eigenvalue weighted by atomic mass is 10.6. The van der Waals surface area contributed by atoms with Crippen molar-refractivity contribution in [2.24, 2.45) is 0 Å². The average molecular weight is 220 g/mol. The predicted octanol–water partition coefficient (Wildman–Crippen LogP) is 0.214. The number of hydrogen-bond donors (Lipinski definition) is 0. The van der Waals surface area contributed by atoms with E-state index in [9.17, 15) is 4.79 Å². The molecule has 0 fully saturated rings.